The van der Waals surface area contributed by atoms with E-state index in [9.17, 15) is 4.79 Å². The smallest absolute Gasteiger partial charge is 0.358 e. The molecule has 18 heavy (non-hydrogen) atoms. The van der Waals surface area contributed by atoms with Crippen molar-refractivity contribution >= 4 is 11.8 Å². The Labute approximate surface area is 106 Å². The van der Waals surface area contributed by atoms with Crippen molar-refractivity contribution < 1.29 is 9.53 Å². The molecule has 1 fully saturated rings. The molecule has 0 unspecified atom stereocenters. The van der Waals surface area contributed by atoms with Crippen LogP contribution in [0.25, 0.3) is 0 Å². The second-order valence-electron chi connectivity index (χ2n) is 4.26. The van der Waals surface area contributed by atoms with E-state index in [0.717, 1.165) is 31.9 Å². The number of aromatic nitrogens is 2. The van der Waals surface area contributed by atoms with Crippen molar-refractivity contribution in [1.82, 2.24) is 15.3 Å². The molecule has 0 saturated carbocycles. The Hall–Kier alpha value is -1.69. The Balaban J connectivity index is 2.21. The summed E-state index contributed by atoms with van der Waals surface area (Å²) < 4.78 is 4.66. The first kappa shape index (κ1) is 12.8. The molecule has 0 aromatic carbocycles. The number of hydrogen-bond donors (Lipinski definition) is 1. The summed E-state index contributed by atoms with van der Waals surface area (Å²) in [5, 5.41) is 3.24. The van der Waals surface area contributed by atoms with Gasteiger partial charge >= 0.3 is 5.97 Å². The van der Waals surface area contributed by atoms with Gasteiger partial charge in [0.05, 0.1) is 25.5 Å². The van der Waals surface area contributed by atoms with Crippen LogP contribution in [0.5, 0.6) is 0 Å². The number of carbonyl (C=O) groups excluding carboxylic acids is 1. The largest absolute Gasteiger partial charge is 0.464 e. The van der Waals surface area contributed by atoms with Gasteiger partial charge in [-0.25, -0.2) is 9.78 Å². The summed E-state index contributed by atoms with van der Waals surface area (Å²) in [6.07, 6.45) is 4.15. The van der Waals surface area contributed by atoms with Gasteiger partial charge in [-0.3, -0.25) is 4.98 Å². The molecule has 1 aromatic rings. The van der Waals surface area contributed by atoms with Gasteiger partial charge in [-0.2, -0.15) is 0 Å². The van der Waals surface area contributed by atoms with Gasteiger partial charge in [0.15, 0.2) is 5.69 Å². The normalized spacial score (nSPS) is 15.0. The standard InChI is InChI=1S/C12H18N4O2/c1-3-4-16(9-5-13-6-9)11-8-14-7-10(15-11)12(17)18-2/h7-9,13H,3-6H2,1-2H3. The molecule has 1 aliphatic heterocycles. The molecule has 0 bridgehead atoms. The van der Waals surface area contributed by atoms with E-state index >= 15 is 0 Å². The Morgan fingerprint density at radius 2 is 2.33 bits per heavy atom. The second kappa shape index (κ2) is 5.77. The number of anilines is 1. The van der Waals surface area contributed by atoms with Gasteiger partial charge in [0.25, 0.3) is 0 Å². The van der Waals surface area contributed by atoms with Crippen LogP contribution in [-0.2, 0) is 4.74 Å². The van der Waals surface area contributed by atoms with Crippen LogP contribution >= 0.6 is 0 Å². The Morgan fingerprint density at radius 1 is 1.56 bits per heavy atom. The highest BCUT2D eigenvalue weighted by Crippen LogP contribution is 2.16. The van der Waals surface area contributed by atoms with Crippen molar-refractivity contribution in [3.63, 3.8) is 0 Å². The van der Waals surface area contributed by atoms with Crippen molar-refractivity contribution in [3.8, 4) is 0 Å². The maximum absolute atomic E-state index is 11.4. The van der Waals surface area contributed by atoms with Crippen molar-refractivity contribution in [2.75, 3.05) is 31.6 Å². The van der Waals surface area contributed by atoms with Crippen LogP contribution in [0, 0.1) is 0 Å². The molecule has 1 aliphatic rings. The van der Waals surface area contributed by atoms with E-state index in [1.807, 2.05) is 0 Å². The summed E-state index contributed by atoms with van der Waals surface area (Å²) in [7, 11) is 1.34. The molecule has 1 aromatic heterocycles. The van der Waals surface area contributed by atoms with E-state index in [1.165, 1.54) is 13.3 Å². The third-order valence-corrected chi connectivity index (χ3v) is 2.98. The lowest BCUT2D eigenvalue weighted by Crippen LogP contribution is -2.57. The molecular formula is C12H18N4O2. The zero-order valence-electron chi connectivity index (χ0n) is 10.7. The zero-order chi connectivity index (χ0) is 13.0. The number of nitrogens with one attached hydrogen (secondary N) is 1. The van der Waals surface area contributed by atoms with Crippen molar-refractivity contribution in [1.29, 1.82) is 0 Å². The minimum Gasteiger partial charge on any atom is -0.464 e. The Kier molecular flexibility index (Phi) is 4.09. The molecule has 0 atom stereocenters. The predicted octanol–water partition coefficient (Wildman–Crippen LogP) is 0.451. The van der Waals surface area contributed by atoms with Gasteiger partial charge in [0, 0.05) is 19.6 Å². The number of ether oxygens (including phenoxy) is 1. The molecule has 2 heterocycles. The lowest BCUT2D eigenvalue weighted by atomic mass is 10.1. The van der Waals surface area contributed by atoms with Crippen LogP contribution in [0.2, 0.25) is 0 Å². The average Bonchev–Trinajstić information content (AvgIpc) is 2.35. The monoisotopic (exact) mass is 250 g/mol. The van der Waals surface area contributed by atoms with E-state index in [2.05, 4.69) is 31.8 Å². The maximum atomic E-state index is 11.4. The van der Waals surface area contributed by atoms with Gasteiger partial charge in [-0.1, -0.05) is 6.92 Å². The minimum atomic E-state index is -0.451. The fourth-order valence-corrected chi connectivity index (χ4v) is 1.92. The first-order valence-corrected chi connectivity index (χ1v) is 6.14. The minimum absolute atomic E-state index is 0.253. The highest BCUT2D eigenvalue weighted by atomic mass is 16.5. The first-order chi connectivity index (χ1) is 8.76. The first-order valence-electron chi connectivity index (χ1n) is 6.14. The summed E-state index contributed by atoms with van der Waals surface area (Å²) in [5.41, 5.74) is 0.253. The number of nitrogens with zero attached hydrogens (tertiary/aromatic N) is 3. The lowest BCUT2D eigenvalue weighted by molar-refractivity contribution is 0.0593. The molecule has 6 nitrogen and oxygen atoms in total. The number of carbonyl (C=O) groups is 1. The maximum Gasteiger partial charge on any atom is 0.358 e. The number of methoxy groups -OCH3 is 1. The fraction of sp³-hybridized carbons (Fsp3) is 0.583. The number of esters is 1. The molecule has 0 amide bonds. The third kappa shape index (κ3) is 2.59. The van der Waals surface area contributed by atoms with Crippen LogP contribution in [-0.4, -0.2) is 48.7 Å². The fourth-order valence-electron chi connectivity index (χ4n) is 1.92. The summed E-state index contributed by atoms with van der Waals surface area (Å²) in [4.78, 5) is 22.0. The van der Waals surface area contributed by atoms with Gasteiger partial charge in [0.2, 0.25) is 0 Å². The summed E-state index contributed by atoms with van der Waals surface area (Å²) in [6, 6.07) is 0.437. The number of rotatable bonds is 5. The molecule has 1 saturated heterocycles. The van der Waals surface area contributed by atoms with Crippen LogP contribution in [0.1, 0.15) is 23.8 Å². The Bertz CT molecular complexity index is 420. The topological polar surface area (TPSA) is 67.4 Å². The van der Waals surface area contributed by atoms with Crippen LogP contribution in [0.15, 0.2) is 12.4 Å². The molecule has 0 aliphatic carbocycles. The quantitative estimate of drug-likeness (QED) is 0.765. The van der Waals surface area contributed by atoms with E-state index in [1.54, 1.807) is 6.20 Å². The average molecular weight is 250 g/mol. The highest BCUT2D eigenvalue weighted by Gasteiger charge is 2.25. The SMILES string of the molecule is CCCN(c1cncc(C(=O)OC)n1)C1CNC1. The molecule has 2 rings (SSSR count). The molecule has 0 spiro atoms. The van der Waals surface area contributed by atoms with E-state index in [-0.39, 0.29) is 5.69 Å². The van der Waals surface area contributed by atoms with Gasteiger partial charge in [0.1, 0.15) is 5.82 Å². The molecule has 0 radical (unpaired) electrons. The summed E-state index contributed by atoms with van der Waals surface area (Å²) in [5.74, 6) is 0.291. The van der Waals surface area contributed by atoms with Crippen molar-refractivity contribution in [2.24, 2.45) is 0 Å². The Morgan fingerprint density at radius 3 is 2.89 bits per heavy atom. The zero-order valence-corrected chi connectivity index (χ0v) is 10.7. The van der Waals surface area contributed by atoms with E-state index in [0.29, 0.717) is 6.04 Å². The molecule has 98 valence electrons. The second-order valence-corrected chi connectivity index (χ2v) is 4.26. The summed E-state index contributed by atoms with van der Waals surface area (Å²) >= 11 is 0. The lowest BCUT2D eigenvalue weighted by Gasteiger charge is -2.38. The molecule has 1 N–H and O–H groups in total. The predicted molar refractivity (Wildman–Crippen MR) is 67.7 cm³/mol. The third-order valence-electron chi connectivity index (χ3n) is 2.98. The van der Waals surface area contributed by atoms with Crippen LogP contribution in [0.3, 0.4) is 0 Å². The van der Waals surface area contributed by atoms with Crippen molar-refractivity contribution in [3.05, 3.63) is 18.1 Å². The number of hydrogen-bond acceptors (Lipinski definition) is 6. The van der Waals surface area contributed by atoms with E-state index < -0.39 is 5.97 Å². The molecule has 6 heteroatoms. The van der Waals surface area contributed by atoms with E-state index in [4.69, 9.17) is 0 Å². The van der Waals surface area contributed by atoms with Crippen LogP contribution in [0.4, 0.5) is 5.82 Å². The van der Waals surface area contributed by atoms with Gasteiger partial charge < -0.3 is 15.0 Å². The van der Waals surface area contributed by atoms with Crippen molar-refractivity contribution in [2.45, 2.75) is 19.4 Å². The van der Waals surface area contributed by atoms with Crippen LogP contribution < -0.4 is 10.2 Å². The molecular weight excluding hydrogens is 232 g/mol. The highest BCUT2D eigenvalue weighted by molar-refractivity contribution is 5.87. The summed E-state index contributed by atoms with van der Waals surface area (Å²) in [6.45, 7) is 4.93. The van der Waals surface area contributed by atoms with Gasteiger partial charge in [-0.15, -0.1) is 0 Å². The van der Waals surface area contributed by atoms with Gasteiger partial charge in [-0.05, 0) is 6.42 Å².